The van der Waals surface area contributed by atoms with Gasteiger partial charge in [-0.15, -0.1) is 11.6 Å². The van der Waals surface area contributed by atoms with Gasteiger partial charge in [0.25, 0.3) is 0 Å². The van der Waals surface area contributed by atoms with Crippen LogP contribution in [0.2, 0.25) is 0 Å². The first kappa shape index (κ1) is 10.0. The number of hydrogen-bond donors (Lipinski definition) is 3. The van der Waals surface area contributed by atoms with Crippen molar-refractivity contribution < 1.29 is 9.90 Å². The van der Waals surface area contributed by atoms with Crippen molar-refractivity contribution >= 4 is 17.6 Å². The molecule has 0 spiro atoms. The average molecular weight is 204 g/mol. The summed E-state index contributed by atoms with van der Waals surface area (Å²) < 4.78 is 0. The van der Waals surface area contributed by atoms with Crippen LogP contribution in [0.5, 0.6) is 0 Å². The normalized spacial score (nSPS) is 12.8. The molecule has 1 heterocycles. The van der Waals surface area contributed by atoms with Gasteiger partial charge >= 0.3 is 5.97 Å². The third-order valence-electron chi connectivity index (χ3n) is 1.56. The number of carbonyl (C=O) groups is 1. The molecule has 5 nitrogen and oxygen atoms in total. The van der Waals surface area contributed by atoms with Crippen LogP contribution in [0, 0.1) is 0 Å². The number of H-pyrrole nitrogens is 1. The van der Waals surface area contributed by atoms with Crippen LogP contribution in [-0.2, 0) is 17.1 Å². The second kappa shape index (κ2) is 4.25. The molecule has 1 aromatic rings. The molecule has 1 unspecified atom stereocenters. The zero-order chi connectivity index (χ0) is 9.84. The Kier molecular flexibility index (Phi) is 3.27. The van der Waals surface area contributed by atoms with Crippen LogP contribution in [0.3, 0.4) is 0 Å². The quantitative estimate of drug-likeness (QED) is 0.606. The smallest absolute Gasteiger partial charge is 0.320 e. The minimum Gasteiger partial charge on any atom is -0.480 e. The molecule has 0 aliphatic heterocycles. The fraction of sp³-hybridized carbons (Fsp3) is 0.429. The zero-order valence-electron chi connectivity index (χ0n) is 6.83. The SMILES string of the molecule is NC(Cc1cnc(CCl)[nH]1)C(=O)O. The molecule has 72 valence electrons. The van der Waals surface area contributed by atoms with E-state index in [0.29, 0.717) is 11.5 Å². The van der Waals surface area contributed by atoms with E-state index in [9.17, 15) is 4.79 Å². The molecule has 0 bridgehead atoms. The molecule has 0 amide bonds. The highest BCUT2D eigenvalue weighted by molar-refractivity contribution is 6.16. The summed E-state index contributed by atoms with van der Waals surface area (Å²) in [6, 6.07) is -0.899. The van der Waals surface area contributed by atoms with E-state index >= 15 is 0 Å². The van der Waals surface area contributed by atoms with Crippen LogP contribution in [-0.4, -0.2) is 27.1 Å². The van der Waals surface area contributed by atoms with E-state index in [0.717, 1.165) is 0 Å². The Morgan fingerprint density at radius 3 is 3.00 bits per heavy atom. The standard InChI is InChI=1S/C7H10ClN3O2/c8-2-6-10-3-4(11-6)1-5(9)7(12)13/h3,5H,1-2,9H2,(H,10,11)(H,12,13). The predicted molar refractivity (Wildman–Crippen MR) is 47.5 cm³/mol. The molecule has 0 aliphatic rings. The van der Waals surface area contributed by atoms with Gasteiger partial charge in [0.05, 0.1) is 5.88 Å². The first-order valence-corrected chi connectivity index (χ1v) is 4.24. The molecule has 6 heteroatoms. The lowest BCUT2D eigenvalue weighted by Gasteiger charge is -2.02. The second-order valence-corrected chi connectivity index (χ2v) is 2.90. The van der Waals surface area contributed by atoms with Crippen LogP contribution in [0.25, 0.3) is 0 Å². The molecule has 0 radical (unpaired) electrons. The molecule has 1 rings (SSSR count). The molecular weight excluding hydrogens is 194 g/mol. The lowest BCUT2D eigenvalue weighted by Crippen LogP contribution is -2.32. The Labute approximate surface area is 79.9 Å². The summed E-state index contributed by atoms with van der Waals surface area (Å²) >= 11 is 5.50. The molecule has 0 saturated carbocycles. The van der Waals surface area contributed by atoms with E-state index in [4.69, 9.17) is 22.4 Å². The maximum absolute atomic E-state index is 10.4. The van der Waals surface area contributed by atoms with Crippen molar-refractivity contribution in [2.45, 2.75) is 18.3 Å². The Balaban J connectivity index is 2.58. The van der Waals surface area contributed by atoms with Crippen LogP contribution in [0.4, 0.5) is 0 Å². The van der Waals surface area contributed by atoms with Gasteiger partial charge in [0.2, 0.25) is 0 Å². The van der Waals surface area contributed by atoms with Crippen LogP contribution < -0.4 is 5.73 Å². The number of nitrogens with zero attached hydrogens (tertiary/aromatic N) is 1. The van der Waals surface area contributed by atoms with Crippen LogP contribution >= 0.6 is 11.6 Å². The maximum atomic E-state index is 10.4. The summed E-state index contributed by atoms with van der Waals surface area (Å²) in [5.41, 5.74) is 6.00. The number of alkyl halides is 1. The van der Waals surface area contributed by atoms with Crippen LogP contribution in [0.15, 0.2) is 6.20 Å². The Morgan fingerprint density at radius 2 is 2.54 bits per heavy atom. The first-order chi connectivity index (χ1) is 6.13. The summed E-state index contributed by atoms with van der Waals surface area (Å²) in [4.78, 5) is 17.2. The second-order valence-electron chi connectivity index (χ2n) is 2.64. The van der Waals surface area contributed by atoms with Crippen molar-refractivity contribution in [1.82, 2.24) is 9.97 Å². The van der Waals surface area contributed by atoms with Crippen molar-refractivity contribution in [3.05, 3.63) is 17.7 Å². The van der Waals surface area contributed by atoms with Crippen LogP contribution in [0.1, 0.15) is 11.5 Å². The number of carboxylic acids is 1. The summed E-state index contributed by atoms with van der Waals surface area (Å²) in [5.74, 6) is -0.126. The number of hydrogen-bond acceptors (Lipinski definition) is 3. The highest BCUT2D eigenvalue weighted by Gasteiger charge is 2.13. The van der Waals surface area contributed by atoms with E-state index in [2.05, 4.69) is 9.97 Å². The number of nitrogens with one attached hydrogen (secondary N) is 1. The summed E-state index contributed by atoms with van der Waals surface area (Å²) in [7, 11) is 0. The van der Waals surface area contributed by atoms with Gasteiger partial charge in [0.1, 0.15) is 11.9 Å². The average Bonchev–Trinajstić information content (AvgIpc) is 2.52. The number of halogens is 1. The van der Waals surface area contributed by atoms with Gasteiger partial charge in [0.15, 0.2) is 0 Å². The number of aromatic nitrogens is 2. The molecule has 0 fully saturated rings. The minimum absolute atomic E-state index is 0.235. The van der Waals surface area contributed by atoms with E-state index in [1.807, 2.05) is 0 Å². The van der Waals surface area contributed by atoms with E-state index in [1.165, 1.54) is 0 Å². The fourth-order valence-corrected chi connectivity index (χ4v) is 1.04. The van der Waals surface area contributed by atoms with Gasteiger partial charge in [-0.3, -0.25) is 4.79 Å². The van der Waals surface area contributed by atoms with Crippen molar-refractivity contribution in [3.63, 3.8) is 0 Å². The largest absolute Gasteiger partial charge is 0.480 e. The highest BCUT2D eigenvalue weighted by atomic mass is 35.5. The van der Waals surface area contributed by atoms with Crippen molar-refractivity contribution in [2.75, 3.05) is 0 Å². The summed E-state index contributed by atoms with van der Waals surface area (Å²) in [5, 5.41) is 8.52. The predicted octanol–water partition coefficient (Wildman–Crippen LogP) is 0.103. The third-order valence-corrected chi connectivity index (χ3v) is 1.82. The number of rotatable bonds is 4. The van der Waals surface area contributed by atoms with Gasteiger partial charge in [-0.1, -0.05) is 0 Å². The lowest BCUT2D eigenvalue weighted by molar-refractivity contribution is -0.138. The first-order valence-electron chi connectivity index (χ1n) is 3.70. The molecule has 13 heavy (non-hydrogen) atoms. The lowest BCUT2D eigenvalue weighted by atomic mass is 10.2. The number of carboxylic acid groups (broad SMARTS) is 1. The molecule has 1 atom stereocenters. The van der Waals surface area contributed by atoms with Gasteiger partial charge in [0, 0.05) is 18.3 Å². The number of imidazole rings is 1. The Bertz CT molecular complexity index is 300. The molecule has 0 saturated heterocycles. The van der Waals surface area contributed by atoms with Crippen molar-refractivity contribution in [1.29, 1.82) is 0 Å². The molecule has 0 aliphatic carbocycles. The Morgan fingerprint density at radius 1 is 1.85 bits per heavy atom. The van der Waals surface area contributed by atoms with Gasteiger partial charge < -0.3 is 15.8 Å². The number of aliphatic carboxylic acids is 1. The van der Waals surface area contributed by atoms with Gasteiger partial charge in [-0.2, -0.15) is 0 Å². The van der Waals surface area contributed by atoms with E-state index in [-0.39, 0.29) is 12.3 Å². The van der Waals surface area contributed by atoms with E-state index < -0.39 is 12.0 Å². The van der Waals surface area contributed by atoms with Crippen molar-refractivity contribution in [2.24, 2.45) is 5.73 Å². The topological polar surface area (TPSA) is 92.0 Å². The maximum Gasteiger partial charge on any atom is 0.320 e. The van der Waals surface area contributed by atoms with E-state index in [1.54, 1.807) is 6.20 Å². The summed E-state index contributed by atoms with van der Waals surface area (Å²) in [6.45, 7) is 0. The zero-order valence-corrected chi connectivity index (χ0v) is 7.58. The molecule has 4 N–H and O–H groups in total. The number of nitrogens with two attached hydrogens (primary N) is 1. The monoisotopic (exact) mass is 203 g/mol. The minimum atomic E-state index is -1.03. The fourth-order valence-electron chi connectivity index (χ4n) is 0.902. The van der Waals surface area contributed by atoms with Gasteiger partial charge in [-0.25, -0.2) is 4.98 Å². The molecular formula is C7H10ClN3O2. The number of aromatic amines is 1. The molecule has 1 aromatic heterocycles. The highest BCUT2D eigenvalue weighted by Crippen LogP contribution is 2.02. The van der Waals surface area contributed by atoms with Crippen molar-refractivity contribution in [3.8, 4) is 0 Å². The third kappa shape index (κ3) is 2.71. The van der Waals surface area contributed by atoms with Gasteiger partial charge in [-0.05, 0) is 0 Å². The Hall–Kier alpha value is -1.07. The molecule has 0 aromatic carbocycles. The summed E-state index contributed by atoms with van der Waals surface area (Å²) in [6.07, 6.45) is 1.78.